The number of nitrogens with one attached hydrogen (secondary N) is 2. The summed E-state index contributed by atoms with van der Waals surface area (Å²) in [7, 11) is 3.40. The Kier molecular flexibility index (Phi) is 5.38. The Hall–Kier alpha value is -2.08. The molecule has 1 aliphatic heterocycles. The van der Waals surface area contributed by atoms with E-state index in [1.807, 2.05) is 13.0 Å². The summed E-state index contributed by atoms with van der Waals surface area (Å²) in [5.74, 6) is -0.0946. The second-order valence-corrected chi connectivity index (χ2v) is 5.70. The number of ether oxygens (including phenoxy) is 1. The minimum absolute atomic E-state index is 0.0946. The van der Waals surface area contributed by atoms with Crippen molar-refractivity contribution in [1.29, 1.82) is 0 Å². The van der Waals surface area contributed by atoms with E-state index in [2.05, 4.69) is 10.6 Å². The topological polar surface area (TPSA) is 70.7 Å². The fraction of sp³-hybridized carbons (Fsp3) is 0.500. The van der Waals surface area contributed by atoms with E-state index in [0.717, 1.165) is 25.0 Å². The maximum absolute atomic E-state index is 12.0. The quantitative estimate of drug-likeness (QED) is 0.894. The summed E-state index contributed by atoms with van der Waals surface area (Å²) in [6, 6.07) is 5.00. The molecule has 0 radical (unpaired) electrons. The van der Waals surface area contributed by atoms with Crippen LogP contribution in [0.15, 0.2) is 18.2 Å². The van der Waals surface area contributed by atoms with Crippen LogP contribution >= 0.6 is 0 Å². The molecule has 2 rings (SSSR count). The SMILES string of the molecule is Cc1ccc(C(=O)N(C)C)cc1NC(=O)NCC1CCCO1. The zero-order chi connectivity index (χ0) is 16.1. The monoisotopic (exact) mass is 305 g/mol. The van der Waals surface area contributed by atoms with Crippen LogP contribution in [0.25, 0.3) is 0 Å². The van der Waals surface area contributed by atoms with Crippen LogP contribution in [-0.2, 0) is 4.74 Å². The van der Waals surface area contributed by atoms with Gasteiger partial charge in [-0.3, -0.25) is 4.79 Å². The van der Waals surface area contributed by atoms with Crippen LogP contribution in [0, 0.1) is 6.92 Å². The molecule has 1 aromatic carbocycles. The number of carbonyl (C=O) groups is 2. The molecule has 1 saturated heterocycles. The molecule has 6 nitrogen and oxygen atoms in total. The molecule has 0 spiro atoms. The summed E-state index contributed by atoms with van der Waals surface area (Å²) >= 11 is 0. The lowest BCUT2D eigenvalue weighted by molar-refractivity contribution is 0.0827. The average molecular weight is 305 g/mol. The Morgan fingerprint density at radius 3 is 2.77 bits per heavy atom. The number of nitrogens with zero attached hydrogens (tertiary/aromatic N) is 1. The summed E-state index contributed by atoms with van der Waals surface area (Å²) in [5, 5.41) is 5.59. The van der Waals surface area contributed by atoms with Crippen LogP contribution in [0.1, 0.15) is 28.8 Å². The lowest BCUT2D eigenvalue weighted by Crippen LogP contribution is -2.35. The number of urea groups is 1. The van der Waals surface area contributed by atoms with Crippen molar-refractivity contribution in [2.75, 3.05) is 32.6 Å². The number of benzene rings is 1. The van der Waals surface area contributed by atoms with Crippen molar-refractivity contribution in [2.45, 2.75) is 25.9 Å². The standard InChI is InChI=1S/C16H23N3O3/c1-11-6-7-12(15(20)19(2)3)9-14(11)18-16(21)17-10-13-5-4-8-22-13/h6-7,9,13H,4-5,8,10H2,1-3H3,(H2,17,18,21). The fourth-order valence-electron chi connectivity index (χ4n) is 2.33. The molecule has 120 valence electrons. The molecule has 0 bridgehead atoms. The highest BCUT2D eigenvalue weighted by Gasteiger charge is 2.16. The minimum Gasteiger partial charge on any atom is -0.376 e. The highest BCUT2D eigenvalue weighted by Crippen LogP contribution is 2.18. The molecular formula is C16H23N3O3. The van der Waals surface area contributed by atoms with Gasteiger partial charge in [0, 0.05) is 38.5 Å². The smallest absolute Gasteiger partial charge is 0.319 e. The number of rotatable bonds is 4. The molecule has 1 fully saturated rings. The summed E-state index contributed by atoms with van der Waals surface area (Å²) in [6.07, 6.45) is 2.13. The third-order valence-electron chi connectivity index (χ3n) is 3.65. The van der Waals surface area contributed by atoms with Crippen molar-refractivity contribution in [1.82, 2.24) is 10.2 Å². The highest BCUT2D eigenvalue weighted by molar-refractivity contribution is 5.97. The zero-order valence-corrected chi connectivity index (χ0v) is 13.3. The van der Waals surface area contributed by atoms with Gasteiger partial charge < -0.3 is 20.3 Å². The van der Waals surface area contributed by atoms with E-state index < -0.39 is 0 Å². The van der Waals surface area contributed by atoms with Gasteiger partial charge in [-0.25, -0.2) is 4.79 Å². The van der Waals surface area contributed by atoms with Crippen LogP contribution in [0.3, 0.4) is 0 Å². The van der Waals surface area contributed by atoms with Crippen LogP contribution in [0.5, 0.6) is 0 Å². The molecule has 1 aromatic rings. The first-order chi connectivity index (χ1) is 10.5. The molecule has 1 aliphatic rings. The third-order valence-corrected chi connectivity index (χ3v) is 3.65. The van der Waals surface area contributed by atoms with Crippen LogP contribution in [0.2, 0.25) is 0 Å². The second kappa shape index (κ2) is 7.26. The summed E-state index contributed by atoms with van der Waals surface area (Å²) in [4.78, 5) is 25.4. The normalized spacial score (nSPS) is 17.1. The lowest BCUT2D eigenvalue weighted by Gasteiger charge is -2.15. The predicted octanol–water partition coefficient (Wildman–Crippen LogP) is 2.00. The molecule has 0 saturated carbocycles. The molecule has 1 heterocycles. The second-order valence-electron chi connectivity index (χ2n) is 5.70. The molecule has 22 heavy (non-hydrogen) atoms. The summed E-state index contributed by atoms with van der Waals surface area (Å²) < 4.78 is 5.46. The van der Waals surface area contributed by atoms with Crippen molar-refractivity contribution in [3.8, 4) is 0 Å². The third kappa shape index (κ3) is 4.21. The van der Waals surface area contributed by atoms with Crippen molar-refractivity contribution in [2.24, 2.45) is 0 Å². The van der Waals surface area contributed by atoms with Gasteiger partial charge in [-0.15, -0.1) is 0 Å². The Labute approximate surface area is 130 Å². The van der Waals surface area contributed by atoms with Gasteiger partial charge in [-0.2, -0.15) is 0 Å². The van der Waals surface area contributed by atoms with Crippen molar-refractivity contribution < 1.29 is 14.3 Å². The first kappa shape index (κ1) is 16.3. The summed E-state index contributed by atoms with van der Waals surface area (Å²) in [6.45, 7) is 3.16. The molecule has 2 N–H and O–H groups in total. The van der Waals surface area contributed by atoms with E-state index in [0.29, 0.717) is 17.8 Å². The Morgan fingerprint density at radius 1 is 1.36 bits per heavy atom. The lowest BCUT2D eigenvalue weighted by atomic mass is 10.1. The molecule has 0 aromatic heterocycles. The van der Waals surface area contributed by atoms with Gasteiger partial charge in [0.2, 0.25) is 0 Å². The first-order valence-corrected chi connectivity index (χ1v) is 7.46. The number of aryl methyl sites for hydroxylation is 1. The van der Waals surface area contributed by atoms with Gasteiger partial charge in [0.15, 0.2) is 0 Å². The molecule has 6 heteroatoms. The van der Waals surface area contributed by atoms with E-state index in [4.69, 9.17) is 4.74 Å². The predicted molar refractivity (Wildman–Crippen MR) is 85.2 cm³/mol. The molecule has 0 aliphatic carbocycles. The Morgan fingerprint density at radius 2 is 2.14 bits per heavy atom. The minimum atomic E-state index is -0.284. The largest absolute Gasteiger partial charge is 0.376 e. The summed E-state index contributed by atoms with van der Waals surface area (Å²) in [5.41, 5.74) is 2.09. The van der Waals surface area contributed by atoms with Gasteiger partial charge in [0.05, 0.1) is 6.10 Å². The van der Waals surface area contributed by atoms with Crippen LogP contribution < -0.4 is 10.6 Å². The van der Waals surface area contributed by atoms with Gasteiger partial charge in [-0.05, 0) is 37.5 Å². The van der Waals surface area contributed by atoms with E-state index >= 15 is 0 Å². The fourth-order valence-corrected chi connectivity index (χ4v) is 2.33. The molecular weight excluding hydrogens is 282 g/mol. The van der Waals surface area contributed by atoms with Gasteiger partial charge in [0.1, 0.15) is 0 Å². The maximum Gasteiger partial charge on any atom is 0.319 e. The van der Waals surface area contributed by atoms with Crippen LogP contribution in [0.4, 0.5) is 10.5 Å². The molecule has 3 amide bonds. The highest BCUT2D eigenvalue weighted by atomic mass is 16.5. The van der Waals surface area contributed by atoms with E-state index in [1.165, 1.54) is 4.90 Å². The number of carbonyl (C=O) groups excluding carboxylic acids is 2. The molecule has 1 unspecified atom stereocenters. The van der Waals surface area contributed by atoms with Crippen LogP contribution in [-0.4, -0.2) is 50.2 Å². The Balaban J connectivity index is 1.97. The number of anilines is 1. The zero-order valence-electron chi connectivity index (χ0n) is 13.3. The van der Waals surface area contributed by atoms with Gasteiger partial charge >= 0.3 is 6.03 Å². The van der Waals surface area contributed by atoms with Crippen molar-refractivity contribution in [3.63, 3.8) is 0 Å². The van der Waals surface area contributed by atoms with Crippen molar-refractivity contribution >= 4 is 17.6 Å². The number of hydrogen-bond donors (Lipinski definition) is 2. The van der Waals surface area contributed by atoms with Gasteiger partial charge in [0.25, 0.3) is 5.91 Å². The van der Waals surface area contributed by atoms with E-state index in [9.17, 15) is 9.59 Å². The Bertz CT molecular complexity index is 552. The van der Waals surface area contributed by atoms with Crippen molar-refractivity contribution in [3.05, 3.63) is 29.3 Å². The number of amides is 3. The van der Waals surface area contributed by atoms with E-state index in [1.54, 1.807) is 26.2 Å². The van der Waals surface area contributed by atoms with E-state index in [-0.39, 0.29) is 18.0 Å². The van der Waals surface area contributed by atoms with Gasteiger partial charge in [-0.1, -0.05) is 6.07 Å². The average Bonchev–Trinajstić information content (AvgIpc) is 3.00. The first-order valence-electron chi connectivity index (χ1n) is 7.46. The molecule has 1 atom stereocenters. The number of hydrogen-bond acceptors (Lipinski definition) is 3. The maximum atomic E-state index is 12.0.